The van der Waals surface area contributed by atoms with Gasteiger partial charge in [0.15, 0.2) is 0 Å². The van der Waals surface area contributed by atoms with E-state index in [1.807, 2.05) is 13.8 Å². The first-order chi connectivity index (χ1) is 16.7. The molecule has 5 N–H and O–H groups in total. The molecule has 0 unspecified atom stereocenters. The third-order valence-corrected chi connectivity index (χ3v) is 5.90. The van der Waals surface area contributed by atoms with Crippen molar-refractivity contribution in [2.24, 2.45) is 5.92 Å². The Kier molecular flexibility index (Phi) is 20.2. The van der Waals surface area contributed by atoms with Crippen LogP contribution in [0.4, 0.5) is 0 Å². The molecule has 0 bridgehead atoms. The van der Waals surface area contributed by atoms with E-state index in [-0.39, 0.29) is 30.8 Å². The van der Waals surface area contributed by atoms with Crippen molar-refractivity contribution in [3.8, 4) is 0 Å². The molecular weight excluding hydrogens is 448 g/mol. The number of hydrogen-bond donors (Lipinski definition) is 5. The van der Waals surface area contributed by atoms with Gasteiger partial charge in [-0.05, 0) is 44.4 Å². The second-order valence-corrected chi connectivity index (χ2v) is 9.85. The number of carbonyl (C=O) groups is 3. The molecule has 0 aliphatic carbocycles. The molecule has 0 rings (SSSR count). The molecule has 0 saturated heterocycles. The Labute approximate surface area is 212 Å². The number of hydrogen-bond acceptors (Lipinski definition) is 5. The fraction of sp³-hybridized carbons (Fsp3) is 0.815. The minimum absolute atomic E-state index is 0.0765. The first-order valence-corrected chi connectivity index (χ1v) is 13.5. The van der Waals surface area contributed by atoms with Gasteiger partial charge >= 0.3 is 5.97 Å². The van der Waals surface area contributed by atoms with E-state index in [9.17, 15) is 29.7 Å². The summed E-state index contributed by atoms with van der Waals surface area (Å²) in [6, 6.07) is -2.21. The van der Waals surface area contributed by atoms with Crippen molar-refractivity contribution in [2.75, 3.05) is 6.61 Å². The smallest absolute Gasteiger partial charge is 0.326 e. The number of nitrogens with one attached hydrogen (secondary N) is 2. The highest BCUT2D eigenvalue weighted by atomic mass is 16.4. The Hall–Kier alpha value is -1.93. The quantitative estimate of drug-likeness (QED) is 0.113. The van der Waals surface area contributed by atoms with E-state index in [4.69, 9.17) is 0 Å². The number of aliphatic carboxylic acids is 1. The third-order valence-electron chi connectivity index (χ3n) is 5.90. The van der Waals surface area contributed by atoms with Crippen molar-refractivity contribution < 1.29 is 29.7 Å². The minimum atomic E-state index is -1.15. The average Bonchev–Trinajstić information content (AvgIpc) is 2.80. The SMILES string of the molecule is CCCCCC[C@H](O)C/C=C\CCCCCCCC(=O)N[C@@H](CO)C(=O)N[C@@H](CC(C)C)C(=O)O. The molecule has 8 heteroatoms. The molecule has 0 aliphatic heterocycles. The first kappa shape index (κ1) is 33.1. The number of aliphatic hydroxyl groups is 2. The Bertz CT molecular complexity index is 608. The first-order valence-electron chi connectivity index (χ1n) is 13.5. The van der Waals surface area contributed by atoms with Crippen LogP contribution in [-0.4, -0.2) is 57.9 Å². The predicted octanol–water partition coefficient (Wildman–Crippen LogP) is 4.09. The number of carbonyl (C=O) groups excluding carboxylic acids is 2. The van der Waals surface area contributed by atoms with E-state index in [2.05, 4.69) is 29.7 Å². The van der Waals surface area contributed by atoms with Crippen LogP contribution in [-0.2, 0) is 14.4 Å². The Morgan fingerprint density at radius 3 is 2.14 bits per heavy atom. The molecule has 2 amide bonds. The normalized spacial score (nSPS) is 14.1. The molecular formula is C27H50N2O6. The van der Waals surface area contributed by atoms with Crippen LogP contribution >= 0.6 is 0 Å². The lowest BCUT2D eigenvalue weighted by molar-refractivity contribution is -0.143. The number of carboxylic acids is 1. The maximum absolute atomic E-state index is 12.3. The van der Waals surface area contributed by atoms with E-state index >= 15 is 0 Å². The van der Waals surface area contributed by atoms with Gasteiger partial charge in [-0.25, -0.2) is 4.79 Å². The minimum Gasteiger partial charge on any atom is -0.480 e. The van der Waals surface area contributed by atoms with Gasteiger partial charge in [0.05, 0.1) is 12.7 Å². The largest absolute Gasteiger partial charge is 0.480 e. The molecule has 204 valence electrons. The summed E-state index contributed by atoms with van der Waals surface area (Å²) in [5, 5.41) is 33.5. The lowest BCUT2D eigenvalue weighted by atomic mass is 10.0. The van der Waals surface area contributed by atoms with Gasteiger partial charge in [-0.15, -0.1) is 0 Å². The molecule has 3 atom stereocenters. The highest BCUT2D eigenvalue weighted by molar-refractivity contribution is 5.90. The highest BCUT2D eigenvalue weighted by Gasteiger charge is 2.26. The molecule has 0 aliphatic rings. The fourth-order valence-electron chi connectivity index (χ4n) is 3.80. The predicted molar refractivity (Wildman–Crippen MR) is 139 cm³/mol. The van der Waals surface area contributed by atoms with Crippen molar-refractivity contribution >= 4 is 17.8 Å². The Balaban J connectivity index is 3.94. The molecule has 0 saturated carbocycles. The average molecular weight is 499 g/mol. The van der Waals surface area contributed by atoms with Crippen LogP contribution in [0.2, 0.25) is 0 Å². The molecule has 0 aromatic heterocycles. The van der Waals surface area contributed by atoms with Crippen molar-refractivity contribution in [2.45, 2.75) is 129 Å². The van der Waals surface area contributed by atoms with E-state index in [0.717, 1.165) is 51.4 Å². The topological polar surface area (TPSA) is 136 Å². The molecule has 0 radical (unpaired) electrons. The monoisotopic (exact) mass is 498 g/mol. The molecule has 35 heavy (non-hydrogen) atoms. The van der Waals surface area contributed by atoms with Gasteiger partial charge in [-0.2, -0.15) is 0 Å². The maximum Gasteiger partial charge on any atom is 0.326 e. The summed E-state index contributed by atoms with van der Waals surface area (Å²) in [6.07, 6.45) is 16.6. The standard InChI is InChI=1S/C27H50N2O6/c1-4-5-6-13-16-22(31)17-14-11-9-7-8-10-12-15-18-25(32)28-24(20-30)26(33)29-23(27(34)35)19-21(2)3/h11,14,21-24,30-31H,4-10,12-13,15-20H2,1-3H3,(H,28,32)(H,29,33)(H,34,35)/b14-11-/t22-,23-,24-/m0/s1. The number of unbranched alkanes of at least 4 members (excludes halogenated alkanes) is 8. The second-order valence-electron chi connectivity index (χ2n) is 9.85. The van der Waals surface area contributed by atoms with Crippen LogP contribution in [0.15, 0.2) is 12.2 Å². The van der Waals surface area contributed by atoms with Crippen LogP contribution in [0.3, 0.4) is 0 Å². The summed E-state index contributed by atoms with van der Waals surface area (Å²) in [5.74, 6) is -2.08. The highest BCUT2D eigenvalue weighted by Crippen LogP contribution is 2.11. The van der Waals surface area contributed by atoms with Gasteiger partial charge in [0.1, 0.15) is 12.1 Å². The molecule has 0 fully saturated rings. The molecule has 8 nitrogen and oxygen atoms in total. The number of carboxylic acid groups (broad SMARTS) is 1. The number of rotatable bonds is 22. The molecule has 0 spiro atoms. The second kappa shape index (κ2) is 21.4. The summed E-state index contributed by atoms with van der Waals surface area (Å²) in [7, 11) is 0. The van der Waals surface area contributed by atoms with Crippen molar-refractivity contribution in [1.82, 2.24) is 10.6 Å². The maximum atomic E-state index is 12.3. The Morgan fingerprint density at radius 1 is 0.857 bits per heavy atom. The van der Waals surface area contributed by atoms with Crippen LogP contribution in [0, 0.1) is 5.92 Å². The van der Waals surface area contributed by atoms with Gasteiger partial charge in [0.25, 0.3) is 0 Å². The van der Waals surface area contributed by atoms with Gasteiger partial charge < -0.3 is 26.0 Å². The third kappa shape index (κ3) is 19.0. The van der Waals surface area contributed by atoms with E-state index < -0.39 is 30.6 Å². The van der Waals surface area contributed by atoms with Gasteiger partial charge in [-0.3, -0.25) is 9.59 Å². The zero-order chi connectivity index (χ0) is 26.5. The summed E-state index contributed by atoms with van der Waals surface area (Å²) in [6.45, 7) is 5.30. The van der Waals surface area contributed by atoms with E-state index in [1.165, 1.54) is 19.3 Å². The Morgan fingerprint density at radius 2 is 1.51 bits per heavy atom. The van der Waals surface area contributed by atoms with Crippen LogP contribution in [0.25, 0.3) is 0 Å². The van der Waals surface area contributed by atoms with Gasteiger partial charge in [0, 0.05) is 6.42 Å². The van der Waals surface area contributed by atoms with Crippen LogP contribution in [0.5, 0.6) is 0 Å². The van der Waals surface area contributed by atoms with Gasteiger partial charge in [0.2, 0.25) is 11.8 Å². The van der Waals surface area contributed by atoms with Crippen LogP contribution in [0.1, 0.15) is 111 Å². The summed E-state index contributed by atoms with van der Waals surface area (Å²) in [4.78, 5) is 35.7. The number of allylic oxidation sites excluding steroid dienone is 1. The van der Waals surface area contributed by atoms with Crippen LogP contribution < -0.4 is 10.6 Å². The lowest BCUT2D eigenvalue weighted by Crippen LogP contribution is -2.53. The zero-order valence-electron chi connectivity index (χ0n) is 22.1. The van der Waals surface area contributed by atoms with Crippen molar-refractivity contribution in [3.63, 3.8) is 0 Å². The van der Waals surface area contributed by atoms with Crippen molar-refractivity contribution in [3.05, 3.63) is 12.2 Å². The van der Waals surface area contributed by atoms with Crippen molar-refractivity contribution in [1.29, 1.82) is 0 Å². The fourth-order valence-corrected chi connectivity index (χ4v) is 3.80. The summed E-state index contributed by atoms with van der Waals surface area (Å²) >= 11 is 0. The van der Waals surface area contributed by atoms with Gasteiger partial charge in [-0.1, -0.05) is 77.9 Å². The van der Waals surface area contributed by atoms with E-state index in [1.54, 1.807) is 0 Å². The number of aliphatic hydroxyl groups excluding tert-OH is 2. The molecule has 0 aromatic rings. The molecule has 0 aromatic carbocycles. The summed E-state index contributed by atoms with van der Waals surface area (Å²) in [5.41, 5.74) is 0. The number of amides is 2. The molecule has 0 heterocycles. The summed E-state index contributed by atoms with van der Waals surface area (Å²) < 4.78 is 0. The lowest BCUT2D eigenvalue weighted by Gasteiger charge is -2.21. The zero-order valence-corrected chi connectivity index (χ0v) is 22.1. The van der Waals surface area contributed by atoms with E-state index in [0.29, 0.717) is 6.42 Å².